The maximum Gasteiger partial charge on any atom is 0.253 e. The maximum absolute atomic E-state index is 13.0. The van der Waals surface area contributed by atoms with E-state index in [4.69, 9.17) is 9.72 Å². The predicted octanol–water partition coefficient (Wildman–Crippen LogP) is 3.84. The molecule has 1 saturated heterocycles. The van der Waals surface area contributed by atoms with E-state index in [1.54, 1.807) is 9.25 Å². The zero-order valence-corrected chi connectivity index (χ0v) is 23.0. The molecule has 6 rings (SSSR count). The molecule has 9 heteroatoms. The van der Waals surface area contributed by atoms with Crippen LogP contribution in [0.5, 0.6) is 0 Å². The van der Waals surface area contributed by atoms with Gasteiger partial charge in [0.1, 0.15) is 0 Å². The lowest BCUT2D eigenvalue weighted by Gasteiger charge is -2.39. The Morgan fingerprint density at radius 2 is 1.68 bits per heavy atom. The van der Waals surface area contributed by atoms with Gasteiger partial charge in [-0.05, 0) is 45.0 Å². The van der Waals surface area contributed by atoms with Gasteiger partial charge >= 0.3 is 0 Å². The van der Waals surface area contributed by atoms with Crippen molar-refractivity contribution in [1.82, 2.24) is 19.3 Å². The minimum Gasteiger partial charge on any atom is -0.372 e. The Morgan fingerprint density at radius 3 is 2.39 bits per heavy atom. The normalized spacial score (nSPS) is 19.8. The number of nitrogens with zero attached hydrogens (tertiary/aromatic N) is 7. The standard InChI is InChI=1S/C29H35N7O2/c1-18-9-23-25(34(6)29(18)37)10-22(35-15-19(2)38-20(3)16-35)11-26(23)36-8-7-32(4)27-12-24(30-14-28(27)36)21-13-31-33(5)17-21/h9-14,17,19-20H,7-8,15-16H2,1-6H3/t19-,20+. The summed E-state index contributed by atoms with van der Waals surface area (Å²) in [6.07, 6.45) is 6.08. The summed E-state index contributed by atoms with van der Waals surface area (Å²) in [6, 6.07) is 8.62. The Bertz CT molecular complexity index is 1580. The third-order valence-electron chi connectivity index (χ3n) is 7.78. The lowest BCUT2D eigenvalue weighted by Crippen LogP contribution is -2.45. The zero-order valence-electron chi connectivity index (χ0n) is 23.0. The predicted molar refractivity (Wildman–Crippen MR) is 153 cm³/mol. The van der Waals surface area contributed by atoms with Crippen LogP contribution in [0.25, 0.3) is 22.2 Å². The van der Waals surface area contributed by atoms with E-state index in [1.807, 2.05) is 45.7 Å². The molecule has 4 aromatic rings. The van der Waals surface area contributed by atoms with Crippen LogP contribution in [-0.2, 0) is 18.8 Å². The summed E-state index contributed by atoms with van der Waals surface area (Å²) < 4.78 is 9.59. The second kappa shape index (κ2) is 9.16. The summed E-state index contributed by atoms with van der Waals surface area (Å²) in [4.78, 5) is 24.8. The molecule has 2 aliphatic rings. The summed E-state index contributed by atoms with van der Waals surface area (Å²) >= 11 is 0. The SMILES string of the molecule is Cc1cc2c(N3CCN(C)c4cc(-c5cnn(C)c5)ncc43)cc(N3C[C@@H](C)O[C@@H](C)C3)cc2n(C)c1=O. The van der Waals surface area contributed by atoms with Crippen LogP contribution in [0.3, 0.4) is 0 Å². The van der Waals surface area contributed by atoms with Crippen LogP contribution in [0.4, 0.5) is 22.7 Å². The second-order valence-electron chi connectivity index (χ2n) is 10.8. The number of rotatable bonds is 3. The molecule has 3 aromatic heterocycles. The first kappa shape index (κ1) is 24.5. The zero-order chi connectivity index (χ0) is 26.7. The first-order valence-corrected chi connectivity index (χ1v) is 13.2. The number of aromatic nitrogens is 4. The van der Waals surface area contributed by atoms with E-state index in [1.165, 1.54) is 0 Å². The fourth-order valence-electron chi connectivity index (χ4n) is 5.88. The van der Waals surface area contributed by atoms with Gasteiger partial charge in [0.2, 0.25) is 0 Å². The average Bonchev–Trinajstić information content (AvgIpc) is 3.33. The molecule has 5 heterocycles. The van der Waals surface area contributed by atoms with Gasteiger partial charge in [-0.2, -0.15) is 5.10 Å². The van der Waals surface area contributed by atoms with Crippen molar-refractivity contribution >= 4 is 33.7 Å². The lowest BCUT2D eigenvalue weighted by atomic mass is 10.0. The van der Waals surface area contributed by atoms with E-state index in [0.717, 1.165) is 76.7 Å². The van der Waals surface area contributed by atoms with Gasteiger partial charge in [0.05, 0.1) is 52.9 Å². The number of hydrogen-bond acceptors (Lipinski definition) is 7. The minimum atomic E-state index is 0.0332. The Kier molecular flexibility index (Phi) is 5.90. The van der Waals surface area contributed by atoms with Crippen LogP contribution >= 0.6 is 0 Å². The fourth-order valence-corrected chi connectivity index (χ4v) is 5.88. The fraction of sp³-hybridized carbons (Fsp3) is 0.414. The Morgan fingerprint density at radius 1 is 0.921 bits per heavy atom. The summed E-state index contributed by atoms with van der Waals surface area (Å²) in [5, 5.41) is 5.38. The molecule has 0 unspecified atom stereocenters. The van der Waals surface area contributed by atoms with E-state index in [-0.39, 0.29) is 17.8 Å². The van der Waals surface area contributed by atoms with Crippen LogP contribution in [0.2, 0.25) is 0 Å². The van der Waals surface area contributed by atoms with Crippen molar-refractivity contribution in [2.75, 3.05) is 47.9 Å². The maximum atomic E-state index is 13.0. The Balaban J connectivity index is 1.53. The van der Waals surface area contributed by atoms with Gasteiger partial charge < -0.3 is 24.0 Å². The van der Waals surface area contributed by atoms with Gasteiger partial charge in [-0.1, -0.05) is 0 Å². The molecule has 0 radical (unpaired) electrons. The summed E-state index contributed by atoms with van der Waals surface area (Å²) in [5.41, 5.74) is 7.97. The third-order valence-corrected chi connectivity index (χ3v) is 7.78. The van der Waals surface area contributed by atoms with E-state index < -0.39 is 0 Å². The quantitative estimate of drug-likeness (QED) is 0.412. The number of morpholine rings is 1. The van der Waals surface area contributed by atoms with Crippen LogP contribution in [0, 0.1) is 6.92 Å². The van der Waals surface area contributed by atoms with Crippen molar-refractivity contribution < 1.29 is 4.74 Å². The number of hydrogen-bond donors (Lipinski definition) is 0. The number of ether oxygens (including phenoxy) is 1. The molecule has 1 fully saturated rings. The number of pyridine rings is 2. The van der Waals surface area contributed by atoms with Crippen LogP contribution < -0.4 is 20.3 Å². The van der Waals surface area contributed by atoms with Crippen molar-refractivity contribution in [2.24, 2.45) is 14.1 Å². The lowest BCUT2D eigenvalue weighted by molar-refractivity contribution is -0.00521. The first-order chi connectivity index (χ1) is 18.2. The van der Waals surface area contributed by atoms with E-state index in [0.29, 0.717) is 0 Å². The molecule has 0 amide bonds. The largest absolute Gasteiger partial charge is 0.372 e. The van der Waals surface area contributed by atoms with Crippen molar-refractivity contribution in [1.29, 1.82) is 0 Å². The summed E-state index contributed by atoms with van der Waals surface area (Å²) in [5.74, 6) is 0. The van der Waals surface area contributed by atoms with Crippen LogP contribution in [0.1, 0.15) is 19.4 Å². The van der Waals surface area contributed by atoms with Gasteiger partial charge in [-0.25, -0.2) is 0 Å². The molecular weight excluding hydrogens is 478 g/mol. The Hall–Kier alpha value is -3.85. The van der Waals surface area contributed by atoms with Gasteiger partial charge in [-0.15, -0.1) is 0 Å². The van der Waals surface area contributed by atoms with Crippen LogP contribution in [-0.4, -0.2) is 64.8 Å². The number of benzene rings is 1. The molecule has 0 N–H and O–H groups in total. The van der Waals surface area contributed by atoms with Gasteiger partial charge in [0.25, 0.3) is 5.56 Å². The van der Waals surface area contributed by atoms with Gasteiger partial charge in [0.15, 0.2) is 0 Å². The molecule has 0 aliphatic carbocycles. The number of likely N-dealkylation sites (N-methyl/N-ethyl adjacent to an activating group) is 1. The highest BCUT2D eigenvalue weighted by Gasteiger charge is 2.28. The van der Waals surface area contributed by atoms with Crippen LogP contribution in [0.15, 0.2) is 47.7 Å². The molecule has 2 aliphatic heterocycles. The highest BCUT2D eigenvalue weighted by atomic mass is 16.5. The van der Waals surface area contributed by atoms with E-state index in [2.05, 4.69) is 58.9 Å². The summed E-state index contributed by atoms with van der Waals surface area (Å²) in [7, 11) is 5.91. The molecular formula is C29H35N7O2. The molecule has 38 heavy (non-hydrogen) atoms. The molecule has 2 atom stereocenters. The van der Waals surface area contributed by atoms with E-state index in [9.17, 15) is 4.79 Å². The topological polar surface area (TPSA) is 71.7 Å². The third kappa shape index (κ3) is 4.11. The summed E-state index contributed by atoms with van der Waals surface area (Å²) in [6.45, 7) is 9.43. The van der Waals surface area contributed by atoms with Crippen molar-refractivity contribution in [3.05, 3.63) is 58.8 Å². The molecule has 0 spiro atoms. The smallest absolute Gasteiger partial charge is 0.253 e. The number of aryl methyl sites for hydroxylation is 3. The molecule has 9 nitrogen and oxygen atoms in total. The molecule has 198 valence electrons. The first-order valence-electron chi connectivity index (χ1n) is 13.2. The average molecular weight is 514 g/mol. The van der Waals surface area contributed by atoms with Crippen molar-refractivity contribution in [2.45, 2.75) is 33.0 Å². The minimum absolute atomic E-state index is 0.0332. The highest BCUT2D eigenvalue weighted by molar-refractivity contribution is 5.99. The van der Waals surface area contributed by atoms with Crippen molar-refractivity contribution in [3.8, 4) is 11.3 Å². The monoisotopic (exact) mass is 513 g/mol. The van der Waals surface area contributed by atoms with E-state index >= 15 is 0 Å². The second-order valence-corrected chi connectivity index (χ2v) is 10.8. The van der Waals surface area contributed by atoms with Crippen molar-refractivity contribution in [3.63, 3.8) is 0 Å². The molecule has 1 aromatic carbocycles. The van der Waals surface area contributed by atoms with Gasteiger partial charge in [-0.3, -0.25) is 14.5 Å². The highest BCUT2D eigenvalue weighted by Crippen LogP contribution is 2.42. The molecule has 0 bridgehead atoms. The number of fused-ring (bicyclic) bond motifs is 2. The number of anilines is 4. The Labute approximate surface area is 222 Å². The van der Waals surface area contributed by atoms with Gasteiger partial charge in [0, 0.05) is 75.7 Å². The molecule has 0 saturated carbocycles.